The Balaban J connectivity index is 3.23. The summed E-state index contributed by atoms with van der Waals surface area (Å²) in [5.41, 5.74) is 5.96. The van der Waals surface area contributed by atoms with E-state index in [1.807, 2.05) is 0 Å². The van der Waals surface area contributed by atoms with Gasteiger partial charge in [0.2, 0.25) is 0 Å². The number of halogens is 3. The van der Waals surface area contributed by atoms with Gasteiger partial charge in [0.05, 0.1) is 0 Å². The number of nitrogens with two attached hydrogens (primary N) is 1. The second-order valence-electron chi connectivity index (χ2n) is 2.43. The van der Waals surface area contributed by atoms with Gasteiger partial charge in [0.1, 0.15) is 5.15 Å². The number of aromatic nitrogens is 1. The van der Waals surface area contributed by atoms with Crippen molar-refractivity contribution in [1.29, 1.82) is 0 Å². The molecular formula is C7H7Cl2FN2. The molecule has 2 nitrogen and oxygen atoms in total. The molecule has 1 aromatic rings. The molecule has 0 radical (unpaired) electrons. The maximum absolute atomic E-state index is 12.8. The molecule has 12 heavy (non-hydrogen) atoms. The molecule has 0 aliphatic rings. The van der Waals surface area contributed by atoms with Crippen LogP contribution < -0.4 is 5.73 Å². The number of rotatable bonds is 1. The zero-order chi connectivity index (χ0) is 9.30. The molecule has 0 saturated heterocycles. The summed E-state index contributed by atoms with van der Waals surface area (Å²) in [5.74, 6) is -0.603. The number of hydrogen-bond acceptors (Lipinski definition) is 2. The molecule has 0 saturated carbocycles. The fraction of sp³-hybridized carbons (Fsp3) is 0.286. The van der Waals surface area contributed by atoms with Crippen LogP contribution in [0.3, 0.4) is 0 Å². The lowest BCUT2D eigenvalue weighted by atomic mass is 10.1. The summed E-state index contributed by atoms with van der Waals surface area (Å²) in [6.07, 6.45) is 0. The molecule has 0 fully saturated rings. The van der Waals surface area contributed by atoms with Gasteiger partial charge in [-0.3, -0.25) is 0 Å². The number of nitrogens with zero attached hydrogens (tertiary/aromatic N) is 1. The zero-order valence-corrected chi connectivity index (χ0v) is 7.83. The van der Waals surface area contributed by atoms with E-state index in [0.717, 1.165) is 0 Å². The van der Waals surface area contributed by atoms with Gasteiger partial charge in [-0.1, -0.05) is 23.2 Å². The topological polar surface area (TPSA) is 38.9 Å². The lowest BCUT2D eigenvalue weighted by Crippen LogP contribution is -2.07. The first-order valence-corrected chi connectivity index (χ1v) is 4.05. The summed E-state index contributed by atoms with van der Waals surface area (Å²) in [6.45, 7) is 1.69. The van der Waals surface area contributed by atoms with E-state index in [1.165, 1.54) is 6.07 Å². The van der Waals surface area contributed by atoms with E-state index in [0.29, 0.717) is 5.56 Å². The smallest absolute Gasteiger partial charge is 0.166 e. The monoisotopic (exact) mass is 208 g/mol. The van der Waals surface area contributed by atoms with E-state index in [2.05, 4.69) is 4.98 Å². The Morgan fingerprint density at radius 3 is 2.58 bits per heavy atom. The van der Waals surface area contributed by atoms with Crippen LogP contribution in [0.2, 0.25) is 10.3 Å². The van der Waals surface area contributed by atoms with Crippen LogP contribution in [0.25, 0.3) is 0 Å². The van der Waals surface area contributed by atoms with E-state index >= 15 is 0 Å². The van der Waals surface area contributed by atoms with E-state index in [9.17, 15) is 4.39 Å². The second kappa shape index (κ2) is 3.56. The van der Waals surface area contributed by atoms with Crippen molar-refractivity contribution in [2.24, 2.45) is 5.73 Å². The van der Waals surface area contributed by atoms with Crippen LogP contribution in [0, 0.1) is 5.82 Å². The molecule has 1 rings (SSSR count). The highest BCUT2D eigenvalue weighted by Gasteiger charge is 2.11. The molecule has 0 aliphatic heterocycles. The predicted octanol–water partition coefficient (Wildman–Crippen LogP) is 2.55. The van der Waals surface area contributed by atoms with Gasteiger partial charge in [-0.15, -0.1) is 0 Å². The Hall–Kier alpha value is -0.380. The molecule has 1 heterocycles. The van der Waals surface area contributed by atoms with Gasteiger partial charge in [0.25, 0.3) is 0 Å². The van der Waals surface area contributed by atoms with E-state index in [4.69, 9.17) is 28.9 Å². The summed E-state index contributed by atoms with van der Waals surface area (Å²) < 4.78 is 12.8. The maximum Gasteiger partial charge on any atom is 0.166 e. The summed E-state index contributed by atoms with van der Waals surface area (Å²) in [6, 6.07) is 0.847. The lowest BCUT2D eigenvalue weighted by Gasteiger charge is -2.07. The third-order valence-electron chi connectivity index (χ3n) is 1.40. The third kappa shape index (κ3) is 1.86. The fourth-order valence-electron chi connectivity index (χ4n) is 0.779. The van der Waals surface area contributed by atoms with Gasteiger partial charge in [-0.25, -0.2) is 9.37 Å². The average Bonchev–Trinajstić information content (AvgIpc) is 1.96. The molecular weight excluding hydrogens is 202 g/mol. The Bertz CT molecular complexity index is 302. The highest BCUT2D eigenvalue weighted by Crippen LogP contribution is 2.23. The molecule has 0 aliphatic carbocycles. The first-order valence-electron chi connectivity index (χ1n) is 3.29. The molecule has 1 atom stereocenters. The highest BCUT2D eigenvalue weighted by molar-refractivity contribution is 6.32. The Kier molecular flexibility index (Phi) is 2.88. The van der Waals surface area contributed by atoms with Crippen molar-refractivity contribution in [3.05, 3.63) is 27.8 Å². The van der Waals surface area contributed by atoms with Gasteiger partial charge < -0.3 is 5.73 Å². The number of hydrogen-bond donors (Lipinski definition) is 1. The van der Waals surface area contributed by atoms with Crippen molar-refractivity contribution in [3.8, 4) is 0 Å². The lowest BCUT2D eigenvalue weighted by molar-refractivity contribution is 0.615. The quantitative estimate of drug-likeness (QED) is 0.721. The molecule has 0 spiro atoms. The largest absolute Gasteiger partial charge is 0.324 e. The minimum Gasteiger partial charge on any atom is -0.324 e. The molecule has 5 heteroatoms. The zero-order valence-electron chi connectivity index (χ0n) is 6.31. The average molecular weight is 209 g/mol. The van der Waals surface area contributed by atoms with Crippen LogP contribution in [0.15, 0.2) is 6.07 Å². The Labute approximate surface area is 79.5 Å². The van der Waals surface area contributed by atoms with Crippen molar-refractivity contribution in [1.82, 2.24) is 4.98 Å². The number of pyridine rings is 1. The SMILES string of the molecule is CC(N)c1cc(F)c(Cl)nc1Cl. The molecule has 1 aromatic heterocycles. The van der Waals surface area contributed by atoms with Crippen LogP contribution in [0.1, 0.15) is 18.5 Å². The predicted molar refractivity (Wildman–Crippen MR) is 46.8 cm³/mol. The minimum absolute atomic E-state index is 0.149. The first kappa shape index (κ1) is 9.71. The van der Waals surface area contributed by atoms with Gasteiger partial charge in [-0.05, 0) is 13.0 Å². The normalized spacial score (nSPS) is 13.1. The summed E-state index contributed by atoms with van der Waals surface area (Å²) in [5, 5.41) is -0.0826. The molecule has 0 bridgehead atoms. The van der Waals surface area contributed by atoms with Crippen molar-refractivity contribution >= 4 is 23.2 Å². The third-order valence-corrected chi connectivity index (χ3v) is 1.97. The molecule has 0 aromatic carbocycles. The maximum atomic E-state index is 12.8. The highest BCUT2D eigenvalue weighted by atomic mass is 35.5. The van der Waals surface area contributed by atoms with Crippen LogP contribution in [-0.2, 0) is 0 Å². The second-order valence-corrected chi connectivity index (χ2v) is 3.15. The van der Waals surface area contributed by atoms with E-state index < -0.39 is 5.82 Å². The summed E-state index contributed by atoms with van der Waals surface area (Å²) in [7, 11) is 0. The van der Waals surface area contributed by atoms with Crippen LogP contribution in [-0.4, -0.2) is 4.98 Å². The van der Waals surface area contributed by atoms with Crippen molar-refractivity contribution in [2.45, 2.75) is 13.0 Å². The Morgan fingerprint density at radius 2 is 2.08 bits per heavy atom. The van der Waals surface area contributed by atoms with Crippen LogP contribution in [0.5, 0.6) is 0 Å². The standard InChI is InChI=1S/C7H7Cl2FN2/c1-3(11)4-2-5(10)7(9)12-6(4)8/h2-3H,11H2,1H3. The van der Waals surface area contributed by atoms with Crippen molar-refractivity contribution in [2.75, 3.05) is 0 Å². The fourth-order valence-corrected chi connectivity index (χ4v) is 1.27. The van der Waals surface area contributed by atoms with Crippen LogP contribution >= 0.6 is 23.2 Å². The van der Waals surface area contributed by atoms with Crippen LogP contribution in [0.4, 0.5) is 4.39 Å². The van der Waals surface area contributed by atoms with Gasteiger partial charge in [0, 0.05) is 11.6 Å². The van der Waals surface area contributed by atoms with Gasteiger partial charge in [-0.2, -0.15) is 0 Å². The summed E-state index contributed by atoms with van der Waals surface area (Å²) in [4.78, 5) is 3.57. The molecule has 2 N–H and O–H groups in total. The summed E-state index contributed by atoms with van der Waals surface area (Å²) >= 11 is 11.0. The minimum atomic E-state index is -0.603. The molecule has 0 amide bonds. The van der Waals surface area contributed by atoms with Crippen molar-refractivity contribution < 1.29 is 4.39 Å². The Morgan fingerprint density at radius 1 is 1.50 bits per heavy atom. The van der Waals surface area contributed by atoms with E-state index in [1.54, 1.807) is 6.92 Å². The van der Waals surface area contributed by atoms with E-state index in [-0.39, 0.29) is 16.3 Å². The van der Waals surface area contributed by atoms with Gasteiger partial charge in [0.15, 0.2) is 11.0 Å². The van der Waals surface area contributed by atoms with Crippen molar-refractivity contribution in [3.63, 3.8) is 0 Å². The first-order chi connectivity index (χ1) is 5.52. The molecule has 66 valence electrons. The van der Waals surface area contributed by atoms with Gasteiger partial charge >= 0.3 is 0 Å². The molecule has 1 unspecified atom stereocenters.